The van der Waals surface area contributed by atoms with Gasteiger partial charge >= 0.3 is 0 Å². The van der Waals surface area contributed by atoms with E-state index in [0.29, 0.717) is 11.6 Å². The number of carbonyl (C=O) groups excluding carboxylic acids is 1. The number of thiazole rings is 1. The number of amides is 1. The number of hydrogen-bond donors (Lipinski definition) is 2. The molecule has 1 unspecified atom stereocenters. The van der Waals surface area contributed by atoms with Crippen LogP contribution in [0.3, 0.4) is 0 Å². The lowest BCUT2D eigenvalue weighted by atomic mass is 10.2. The first kappa shape index (κ1) is 10.6. The molecule has 13 heavy (non-hydrogen) atoms. The predicted molar refractivity (Wildman–Crippen MR) is 56.7 cm³/mol. The van der Waals surface area contributed by atoms with Crippen LogP contribution in [0.2, 0.25) is 0 Å². The Morgan fingerprint density at radius 2 is 2.62 bits per heavy atom. The molecule has 0 saturated carbocycles. The lowest BCUT2D eigenvalue weighted by Crippen LogP contribution is -2.34. The summed E-state index contributed by atoms with van der Waals surface area (Å²) >= 11 is 4.61. The highest BCUT2D eigenvalue weighted by Crippen LogP contribution is 2.23. The molecule has 1 atom stereocenters. The Kier molecular flexibility index (Phi) is 3.83. The van der Waals surface area contributed by atoms with Crippen LogP contribution in [0.15, 0.2) is 9.98 Å². The average molecular weight is 264 g/mol. The predicted octanol–water partition coefficient (Wildman–Crippen LogP) is 1.58. The van der Waals surface area contributed by atoms with Gasteiger partial charge in [0.25, 0.3) is 0 Å². The van der Waals surface area contributed by atoms with Gasteiger partial charge in [0.15, 0.2) is 5.13 Å². The van der Waals surface area contributed by atoms with E-state index in [1.54, 1.807) is 6.20 Å². The summed E-state index contributed by atoms with van der Waals surface area (Å²) < 4.78 is 0.882. The standard InChI is InChI=1S/C7H10BrN3OS/c1-2-4(9)6(12)11-7-10-3-5(8)13-7/h3-4H,2,9H2,1H3,(H,10,11,12). The summed E-state index contributed by atoms with van der Waals surface area (Å²) in [5.74, 6) is -0.190. The first-order valence-electron chi connectivity index (χ1n) is 3.81. The number of aromatic nitrogens is 1. The fourth-order valence-corrected chi connectivity index (χ4v) is 1.81. The molecule has 6 heteroatoms. The third kappa shape index (κ3) is 3.06. The monoisotopic (exact) mass is 263 g/mol. The Labute approximate surface area is 88.7 Å². The zero-order chi connectivity index (χ0) is 9.84. The SMILES string of the molecule is CCC(N)C(=O)Nc1ncc(Br)s1. The van der Waals surface area contributed by atoms with Gasteiger partial charge in [0.1, 0.15) is 0 Å². The van der Waals surface area contributed by atoms with Crippen molar-refractivity contribution in [2.75, 3.05) is 5.32 Å². The van der Waals surface area contributed by atoms with E-state index in [0.717, 1.165) is 3.79 Å². The first-order chi connectivity index (χ1) is 6.13. The minimum atomic E-state index is -0.456. The molecule has 0 aliphatic heterocycles. The highest BCUT2D eigenvalue weighted by Gasteiger charge is 2.12. The number of rotatable bonds is 3. The summed E-state index contributed by atoms with van der Waals surface area (Å²) in [4.78, 5) is 15.2. The van der Waals surface area contributed by atoms with Gasteiger partial charge in [-0.3, -0.25) is 4.79 Å². The summed E-state index contributed by atoms with van der Waals surface area (Å²) in [6.45, 7) is 1.86. The summed E-state index contributed by atoms with van der Waals surface area (Å²) in [5, 5.41) is 3.20. The van der Waals surface area contributed by atoms with Crippen LogP contribution >= 0.6 is 27.3 Å². The molecule has 3 N–H and O–H groups in total. The quantitative estimate of drug-likeness (QED) is 0.870. The summed E-state index contributed by atoms with van der Waals surface area (Å²) in [6.07, 6.45) is 2.26. The molecule has 1 heterocycles. The molecule has 0 aromatic carbocycles. The molecule has 0 fully saturated rings. The van der Waals surface area contributed by atoms with Gasteiger partial charge in [-0.25, -0.2) is 4.98 Å². The number of nitrogens with two attached hydrogens (primary N) is 1. The van der Waals surface area contributed by atoms with E-state index in [9.17, 15) is 4.79 Å². The Balaban J connectivity index is 2.54. The van der Waals surface area contributed by atoms with Crippen LogP contribution < -0.4 is 11.1 Å². The van der Waals surface area contributed by atoms with Gasteiger partial charge in [0.05, 0.1) is 16.0 Å². The van der Waals surface area contributed by atoms with Crippen molar-refractivity contribution in [3.05, 3.63) is 9.98 Å². The van der Waals surface area contributed by atoms with Crippen molar-refractivity contribution >= 4 is 38.3 Å². The summed E-state index contributed by atoms with van der Waals surface area (Å²) in [7, 11) is 0. The van der Waals surface area contributed by atoms with Crippen molar-refractivity contribution < 1.29 is 4.79 Å². The van der Waals surface area contributed by atoms with Crippen molar-refractivity contribution in [1.29, 1.82) is 0 Å². The molecule has 0 aliphatic rings. The van der Waals surface area contributed by atoms with Gasteiger partial charge in [-0.15, -0.1) is 0 Å². The molecule has 72 valence electrons. The molecule has 0 saturated heterocycles. The Morgan fingerprint density at radius 3 is 3.08 bits per heavy atom. The summed E-state index contributed by atoms with van der Waals surface area (Å²) in [6, 6.07) is -0.456. The number of carbonyl (C=O) groups is 1. The largest absolute Gasteiger partial charge is 0.320 e. The highest BCUT2D eigenvalue weighted by atomic mass is 79.9. The Morgan fingerprint density at radius 1 is 1.92 bits per heavy atom. The van der Waals surface area contributed by atoms with Crippen molar-refractivity contribution in [2.24, 2.45) is 5.73 Å². The van der Waals surface area contributed by atoms with Gasteiger partial charge in [0, 0.05) is 0 Å². The van der Waals surface area contributed by atoms with E-state index in [4.69, 9.17) is 5.73 Å². The lowest BCUT2D eigenvalue weighted by Gasteiger charge is -2.06. The zero-order valence-corrected chi connectivity index (χ0v) is 9.48. The molecule has 1 aromatic rings. The molecule has 4 nitrogen and oxygen atoms in total. The van der Waals surface area contributed by atoms with Gasteiger partial charge in [-0.1, -0.05) is 18.3 Å². The van der Waals surface area contributed by atoms with Crippen LogP contribution in [0.5, 0.6) is 0 Å². The number of hydrogen-bond acceptors (Lipinski definition) is 4. The van der Waals surface area contributed by atoms with Gasteiger partial charge in [-0.2, -0.15) is 0 Å². The molecule has 1 rings (SSSR count). The molecule has 0 spiro atoms. The number of halogens is 1. The second-order valence-corrected chi connectivity index (χ2v) is 4.88. The van der Waals surface area contributed by atoms with Gasteiger partial charge in [-0.05, 0) is 22.4 Å². The van der Waals surface area contributed by atoms with Crippen molar-refractivity contribution in [1.82, 2.24) is 4.98 Å². The van der Waals surface area contributed by atoms with E-state index in [-0.39, 0.29) is 5.91 Å². The maximum atomic E-state index is 11.3. The van der Waals surface area contributed by atoms with E-state index >= 15 is 0 Å². The first-order valence-corrected chi connectivity index (χ1v) is 5.42. The highest BCUT2D eigenvalue weighted by molar-refractivity contribution is 9.11. The third-order valence-electron chi connectivity index (χ3n) is 1.48. The topological polar surface area (TPSA) is 68.0 Å². The van der Waals surface area contributed by atoms with E-state index in [2.05, 4.69) is 26.2 Å². The van der Waals surface area contributed by atoms with Crippen LogP contribution in [0, 0.1) is 0 Å². The van der Waals surface area contributed by atoms with Gasteiger partial charge < -0.3 is 11.1 Å². The molecular formula is C7H10BrN3OS. The maximum Gasteiger partial charge on any atom is 0.243 e. The lowest BCUT2D eigenvalue weighted by molar-refractivity contribution is -0.117. The molecule has 0 radical (unpaired) electrons. The van der Waals surface area contributed by atoms with Crippen LogP contribution in [0.4, 0.5) is 5.13 Å². The Bertz CT molecular complexity index is 302. The Hall–Kier alpha value is -0.460. The second kappa shape index (κ2) is 4.69. The molecule has 1 aromatic heterocycles. The van der Waals surface area contributed by atoms with Crippen LogP contribution in [-0.2, 0) is 4.79 Å². The average Bonchev–Trinajstić information content (AvgIpc) is 2.49. The molecule has 0 aliphatic carbocycles. The van der Waals surface area contributed by atoms with E-state index in [1.807, 2.05) is 6.92 Å². The summed E-state index contributed by atoms with van der Waals surface area (Å²) in [5.41, 5.74) is 5.52. The zero-order valence-electron chi connectivity index (χ0n) is 7.08. The van der Waals surface area contributed by atoms with E-state index in [1.165, 1.54) is 11.3 Å². The minimum Gasteiger partial charge on any atom is -0.320 e. The van der Waals surface area contributed by atoms with Crippen LogP contribution in [0.1, 0.15) is 13.3 Å². The van der Waals surface area contributed by atoms with Crippen molar-refractivity contribution in [3.63, 3.8) is 0 Å². The fourth-order valence-electron chi connectivity index (χ4n) is 0.696. The third-order valence-corrected chi connectivity index (χ3v) is 2.88. The van der Waals surface area contributed by atoms with E-state index < -0.39 is 6.04 Å². The van der Waals surface area contributed by atoms with Crippen LogP contribution in [-0.4, -0.2) is 16.9 Å². The second-order valence-electron chi connectivity index (χ2n) is 2.47. The number of nitrogens with one attached hydrogen (secondary N) is 1. The van der Waals surface area contributed by atoms with Crippen LogP contribution in [0.25, 0.3) is 0 Å². The normalized spacial score (nSPS) is 12.5. The molecule has 0 bridgehead atoms. The van der Waals surface area contributed by atoms with Crippen molar-refractivity contribution in [3.8, 4) is 0 Å². The maximum absolute atomic E-state index is 11.3. The van der Waals surface area contributed by atoms with Crippen molar-refractivity contribution in [2.45, 2.75) is 19.4 Å². The van der Waals surface area contributed by atoms with Gasteiger partial charge in [0.2, 0.25) is 5.91 Å². The minimum absolute atomic E-state index is 0.190. The molecular weight excluding hydrogens is 254 g/mol. The molecule has 1 amide bonds. The number of anilines is 1. The smallest absolute Gasteiger partial charge is 0.243 e. The number of nitrogens with zero attached hydrogens (tertiary/aromatic N) is 1. The fraction of sp³-hybridized carbons (Fsp3) is 0.429.